The maximum Gasteiger partial charge on any atom is 0.244 e. The Bertz CT molecular complexity index is 647. The number of hydrogen-bond donors (Lipinski definition) is 1. The number of thioether (sulfide) groups is 1. The summed E-state index contributed by atoms with van der Waals surface area (Å²) in [6, 6.07) is 2.73. The number of nitrogens with one attached hydrogen (secondary N) is 1. The first kappa shape index (κ1) is 18.4. The largest absolute Gasteiger partial charge is 0.322 e. The van der Waals surface area contributed by atoms with Crippen molar-refractivity contribution in [3.8, 4) is 0 Å². The summed E-state index contributed by atoms with van der Waals surface area (Å²) >= 11 is 1.31. The van der Waals surface area contributed by atoms with Gasteiger partial charge in [-0.1, -0.05) is 13.8 Å². The molecule has 0 spiro atoms. The maximum absolute atomic E-state index is 13.6. The molecule has 1 fully saturated rings. The van der Waals surface area contributed by atoms with E-state index in [0.717, 1.165) is 17.0 Å². The zero-order valence-corrected chi connectivity index (χ0v) is 14.2. The first-order valence-corrected chi connectivity index (χ1v) is 8.57. The van der Waals surface area contributed by atoms with Gasteiger partial charge in [0.2, 0.25) is 17.7 Å². The monoisotopic (exact) mass is 356 g/mol. The third-order valence-electron chi connectivity index (χ3n) is 3.66. The number of carbonyl (C=O) groups excluding carboxylic acids is 3. The van der Waals surface area contributed by atoms with E-state index in [4.69, 9.17) is 0 Å². The highest BCUT2D eigenvalue weighted by Crippen LogP contribution is 2.31. The molecule has 5 nitrogen and oxygen atoms in total. The molecule has 0 aromatic heterocycles. The van der Waals surface area contributed by atoms with Crippen molar-refractivity contribution in [2.45, 2.75) is 37.2 Å². The van der Waals surface area contributed by atoms with Gasteiger partial charge < -0.3 is 5.32 Å². The van der Waals surface area contributed by atoms with Crippen LogP contribution in [0.1, 0.15) is 26.7 Å². The van der Waals surface area contributed by atoms with Crippen molar-refractivity contribution < 1.29 is 23.2 Å². The van der Waals surface area contributed by atoms with Crippen LogP contribution in [0.25, 0.3) is 0 Å². The fourth-order valence-corrected chi connectivity index (χ4v) is 3.66. The van der Waals surface area contributed by atoms with Crippen LogP contribution in [-0.4, -0.2) is 39.7 Å². The molecule has 1 heterocycles. The Morgan fingerprint density at radius 1 is 1.17 bits per heavy atom. The number of benzene rings is 1. The lowest BCUT2D eigenvalue weighted by molar-refractivity contribution is -0.147. The van der Waals surface area contributed by atoms with Crippen LogP contribution in [-0.2, 0) is 14.4 Å². The summed E-state index contributed by atoms with van der Waals surface area (Å²) < 4.78 is 26.4. The Morgan fingerprint density at radius 2 is 1.75 bits per heavy atom. The van der Waals surface area contributed by atoms with E-state index in [1.54, 1.807) is 0 Å². The zero-order chi connectivity index (χ0) is 17.9. The summed E-state index contributed by atoms with van der Waals surface area (Å²) in [6.45, 7) is 3.19. The average Bonchev–Trinajstić information content (AvgIpc) is 2.54. The molecule has 2 rings (SSSR count). The maximum atomic E-state index is 13.6. The average molecular weight is 356 g/mol. The molecule has 24 heavy (non-hydrogen) atoms. The van der Waals surface area contributed by atoms with E-state index in [1.807, 2.05) is 13.8 Å². The van der Waals surface area contributed by atoms with E-state index in [2.05, 4.69) is 5.32 Å². The van der Waals surface area contributed by atoms with E-state index < -0.39 is 35.9 Å². The molecular formula is C16H18F2N2O3S. The van der Waals surface area contributed by atoms with Crippen molar-refractivity contribution in [2.75, 3.05) is 11.9 Å². The van der Waals surface area contributed by atoms with Crippen molar-refractivity contribution in [3.63, 3.8) is 0 Å². The van der Waals surface area contributed by atoms with Crippen LogP contribution in [0.3, 0.4) is 0 Å². The lowest BCUT2D eigenvalue weighted by Crippen LogP contribution is -2.53. The van der Waals surface area contributed by atoms with Crippen molar-refractivity contribution in [1.29, 1.82) is 0 Å². The first-order chi connectivity index (χ1) is 11.4. The molecular weight excluding hydrogens is 338 g/mol. The molecule has 1 aliphatic rings. The second kappa shape index (κ2) is 7.74. The number of imide groups is 1. The van der Waals surface area contributed by atoms with E-state index in [1.165, 1.54) is 11.8 Å². The quantitative estimate of drug-likeness (QED) is 0.824. The highest BCUT2D eigenvalue weighted by molar-refractivity contribution is 8.02. The molecule has 3 amide bonds. The third-order valence-corrected chi connectivity index (χ3v) is 5.39. The van der Waals surface area contributed by atoms with E-state index >= 15 is 0 Å². The van der Waals surface area contributed by atoms with Gasteiger partial charge in [0.25, 0.3) is 0 Å². The van der Waals surface area contributed by atoms with E-state index in [-0.39, 0.29) is 16.2 Å². The van der Waals surface area contributed by atoms with Gasteiger partial charge in [-0.3, -0.25) is 19.3 Å². The van der Waals surface area contributed by atoms with Crippen LogP contribution in [0.4, 0.5) is 14.5 Å². The molecule has 0 saturated carbocycles. The highest BCUT2D eigenvalue weighted by atomic mass is 32.2. The number of halogens is 2. The smallest absolute Gasteiger partial charge is 0.244 e. The highest BCUT2D eigenvalue weighted by Gasteiger charge is 2.40. The summed E-state index contributed by atoms with van der Waals surface area (Å²) in [6.07, 6.45) is 1.11. The Kier molecular flexibility index (Phi) is 5.93. The van der Waals surface area contributed by atoms with Gasteiger partial charge in [0, 0.05) is 6.07 Å². The SMILES string of the molecule is CCC1SC(CC)C(=O)N(CC(=O)Nc2ccc(F)cc2F)C1=O. The van der Waals surface area contributed by atoms with Crippen LogP contribution < -0.4 is 5.32 Å². The van der Waals surface area contributed by atoms with Gasteiger partial charge in [-0.25, -0.2) is 8.78 Å². The van der Waals surface area contributed by atoms with Crippen molar-refractivity contribution >= 4 is 35.2 Å². The molecule has 1 aromatic carbocycles. The summed E-state index contributed by atoms with van der Waals surface area (Å²) in [5.74, 6) is -3.22. The van der Waals surface area contributed by atoms with Gasteiger partial charge in [0.05, 0.1) is 16.2 Å². The minimum atomic E-state index is -0.923. The van der Waals surface area contributed by atoms with Crippen molar-refractivity contribution in [3.05, 3.63) is 29.8 Å². The van der Waals surface area contributed by atoms with Crippen LogP contribution in [0, 0.1) is 11.6 Å². The number of nitrogens with zero attached hydrogens (tertiary/aromatic N) is 1. The molecule has 1 N–H and O–H groups in total. The normalized spacial score (nSPS) is 21.1. The molecule has 0 aliphatic carbocycles. The number of carbonyl (C=O) groups is 3. The standard InChI is InChI=1S/C16H18F2N2O3S/c1-3-12-15(22)20(16(23)13(4-2)24-12)8-14(21)19-11-6-5-9(17)7-10(11)18/h5-7,12-13H,3-4,8H2,1-2H3,(H,19,21). The third kappa shape index (κ3) is 3.92. The summed E-state index contributed by atoms with van der Waals surface area (Å²) in [5, 5.41) is 1.51. The number of amides is 3. The number of hydrogen-bond acceptors (Lipinski definition) is 4. The molecule has 2 atom stereocenters. The second-order valence-corrected chi connectivity index (χ2v) is 6.78. The van der Waals surface area contributed by atoms with Crippen LogP contribution in [0.15, 0.2) is 18.2 Å². The summed E-state index contributed by atoms with van der Waals surface area (Å²) in [4.78, 5) is 37.6. The van der Waals surface area contributed by atoms with Gasteiger partial charge in [0.15, 0.2) is 0 Å². The molecule has 8 heteroatoms. The molecule has 0 radical (unpaired) electrons. The molecule has 1 aromatic rings. The molecule has 0 bridgehead atoms. The first-order valence-electron chi connectivity index (χ1n) is 7.62. The molecule has 130 valence electrons. The van der Waals surface area contributed by atoms with Gasteiger partial charge in [-0.2, -0.15) is 0 Å². The molecule has 1 aliphatic heterocycles. The Morgan fingerprint density at radius 3 is 2.25 bits per heavy atom. The Hall–Kier alpha value is -1.96. The van der Waals surface area contributed by atoms with Gasteiger partial charge in [0.1, 0.15) is 18.2 Å². The zero-order valence-electron chi connectivity index (χ0n) is 13.3. The van der Waals surface area contributed by atoms with Crippen LogP contribution in [0.2, 0.25) is 0 Å². The lowest BCUT2D eigenvalue weighted by Gasteiger charge is -2.34. The van der Waals surface area contributed by atoms with Gasteiger partial charge in [-0.05, 0) is 25.0 Å². The van der Waals surface area contributed by atoms with Crippen LogP contribution in [0.5, 0.6) is 0 Å². The Balaban J connectivity index is 2.10. The molecule has 2 unspecified atom stereocenters. The summed E-state index contributed by atoms with van der Waals surface area (Å²) in [7, 11) is 0. The number of anilines is 1. The van der Waals surface area contributed by atoms with Crippen LogP contribution >= 0.6 is 11.8 Å². The lowest BCUT2D eigenvalue weighted by atomic mass is 10.2. The fourth-order valence-electron chi connectivity index (χ4n) is 2.39. The predicted molar refractivity (Wildman–Crippen MR) is 87.5 cm³/mol. The minimum absolute atomic E-state index is 0.202. The van der Waals surface area contributed by atoms with E-state index in [9.17, 15) is 23.2 Å². The topological polar surface area (TPSA) is 66.5 Å². The van der Waals surface area contributed by atoms with Crippen molar-refractivity contribution in [2.24, 2.45) is 0 Å². The predicted octanol–water partition coefficient (Wildman–Crippen LogP) is 2.56. The summed E-state index contributed by atoms with van der Waals surface area (Å²) in [5.41, 5.74) is -0.202. The van der Waals surface area contributed by atoms with Gasteiger partial charge >= 0.3 is 0 Å². The second-order valence-electron chi connectivity index (χ2n) is 5.36. The minimum Gasteiger partial charge on any atom is -0.322 e. The molecule has 1 saturated heterocycles. The Labute approximate surface area is 142 Å². The van der Waals surface area contributed by atoms with Gasteiger partial charge in [-0.15, -0.1) is 11.8 Å². The van der Waals surface area contributed by atoms with Crippen molar-refractivity contribution in [1.82, 2.24) is 4.90 Å². The fraction of sp³-hybridized carbons (Fsp3) is 0.438. The number of rotatable bonds is 5. The van der Waals surface area contributed by atoms with E-state index in [0.29, 0.717) is 18.9 Å².